The van der Waals surface area contributed by atoms with Crippen LogP contribution in [-0.4, -0.2) is 58.6 Å². The third kappa shape index (κ3) is 3.35. The monoisotopic (exact) mass is 273 g/mol. The first kappa shape index (κ1) is 18.1. The Labute approximate surface area is 118 Å². The van der Waals surface area contributed by atoms with Crippen LogP contribution in [0.4, 0.5) is 0 Å². The summed E-state index contributed by atoms with van der Waals surface area (Å²) in [5, 5.41) is 4.12. The van der Waals surface area contributed by atoms with Gasteiger partial charge in [0.1, 0.15) is 5.79 Å². The molecule has 0 aliphatic rings. The minimum atomic E-state index is 0.000965. The van der Waals surface area contributed by atoms with Crippen molar-refractivity contribution in [2.45, 2.75) is 59.3 Å². The molecular weight excluding hydrogens is 238 g/mol. The summed E-state index contributed by atoms with van der Waals surface area (Å²) in [6.45, 7) is 21.5. The van der Waals surface area contributed by atoms with Crippen LogP contribution >= 0.6 is 0 Å². The van der Waals surface area contributed by atoms with E-state index in [1.165, 1.54) is 10.2 Å². The molecule has 0 atom stereocenters. The van der Waals surface area contributed by atoms with Gasteiger partial charge in [-0.2, -0.15) is 0 Å². The van der Waals surface area contributed by atoms with E-state index in [4.69, 9.17) is 0 Å². The molecule has 0 aliphatic carbocycles. The fourth-order valence-corrected chi connectivity index (χ4v) is 4.06. The van der Waals surface area contributed by atoms with E-state index in [1.807, 2.05) is 0 Å². The fraction of sp³-hybridized carbons (Fsp3) is 1.00. The molecule has 0 rings (SSSR count). The van der Waals surface area contributed by atoms with Gasteiger partial charge in [0.25, 0.3) is 0 Å². The highest BCUT2D eigenvalue weighted by atomic mass is 28.1. The smallest absolute Gasteiger partial charge is 0.130 e. The Kier molecular flexibility index (Phi) is 7.67. The van der Waals surface area contributed by atoms with Gasteiger partial charge in [0, 0.05) is 10.2 Å². The summed E-state index contributed by atoms with van der Waals surface area (Å²) in [6, 6.07) is 0. The summed E-state index contributed by atoms with van der Waals surface area (Å²) in [5.41, 5.74) is 0. The van der Waals surface area contributed by atoms with E-state index in [-0.39, 0.29) is 5.79 Å². The Bertz CT molecular complexity index is 206. The molecule has 4 heteroatoms. The quantitative estimate of drug-likeness (QED) is 0.507. The number of hydrogen-bond donors (Lipinski definition) is 1. The Balaban J connectivity index is 5.69. The third-order valence-corrected chi connectivity index (χ3v) is 4.61. The molecule has 0 radical (unpaired) electrons. The van der Waals surface area contributed by atoms with Crippen LogP contribution < -0.4 is 5.32 Å². The van der Waals surface area contributed by atoms with Crippen LogP contribution in [0.2, 0.25) is 5.04 Å². The summed E-state index contributed by atoms with van der Waals surface area (Å²) in [4.78, 5) is 5.19. The second-order valence-electron chi connectivity index (χ2n) is 5.80. The lowest BCUT2D eigenvalue weighted by molar-refractivity contribution is -0.103. The van der Waals surface area contributed by atoms with E-state index >= 15 is 0 Å². The number of rotatable bonds is 9. The van der Waals surface area contributed by atoms with E-state index in [1.54, 1.807) is 0 Å². The van der Waals surface area contributed by atoms with Crippen molar-refractivity contribution in [2.75, 3.05) is 32.7 Å². The van der Waals surface area contributed by atoms with E-state index in [0.29, 0.717) is 5.04 Å². The Hall–Kier alpha value is 0.0969. The van der Waals surface area contributed by atoms with E-state index in [9.17, 15) is 0 Å². The van der Waals surface area contributed by atoms with Crippen molar-refractivity contribution in [3.8, 4) is 0 Å². The van der Waals surface area contributed by atoms with Crippen LogP contribution in [0.5, 0.6) is 0 Å². The van der Waals surface area contributed by atoms with E-state index in [0.717, 1.165) is 32.7 Å². The first-order valence-corrected chi connectivity index (χ1v) is 8.60. The number of nitrogens with zero attached hydrogens (tertiary/aromatic N) is 2. The molecule has 0 amide bonds. The average molecular weight is 274 g/mol. The predicted molar refractivity (Wildman–Crippen MR) is 86.2 cm³/mol. The molecular formula is C14H35N3Si. The van der Waals surface area contributed by atoms with Crippen molar-refractivity contribution < 1.29 is 0 Å². The van der Waals surface area contributed by atoms with Gasteiger partial charge in [-0.05, 0) is 37.8 Å². The molecule has 18 heavy (non-hydrogen) atoms. The maximum absolute atomic E-state index is 3.83. The molecule has 0 bridgehead atoms. The van der Waals surface area contributed by atoms with Gasteiger partial charge < -0.3 is 0 Å². The molecule has 110 valence electrons. The van der Waals surface area contributed by atoms with Crippen molar-refractivity contribution in [3.63, 3.8) is 0 Å². The molecule has 0 aromatic rings. The minimum Gasteiger partial charge on any atom is -0.287 e. The lowest BCUT2D eigenvalue weighted by Crippen LogP contribution is -2.73. The summed E-state index contributed by atoms with van der Waals surface area (Å²) in [5.74, 6) is 0.000965. The molecule has 1 N–H and O–H groups in total. The molecule has 0 aromatic carbocycles. The molecule has 0 fully saturated rings. The summed E-state index contributed by atoms with van der Waals surface area (Å²) in [6.07, 6.45) is 0. The zero-order valence-electron chi connectivity index (χ0n) is 13.9. The first-order valence-electron chi connectivity index (χ1n) is 7.60. The van der Waals surface area contributed by atoms with Gasteiger partial charge in [-0.25, -0.2) is 0 Å². The molecule has 0 unspecified atom stereocenters. The second-order valence-corrected chi connectivity index (χ2v) is 8.30. The first-order chi connectivity index (χ1) is 8.35. The van der Waals surface area contributed by atoms with Crippen molar-refractivity contribution in [2.24, 2.45) is 0 Å². The highest BCUT2D eigenvalue weighted by Crippen LogP contribution is 2.40. The van der Waals surface area contributed by atoms with Gasteiger partial charge in [0.05, 0.1) is 0 Å². The highest BCUT2D eigenvalue weighted by molar-refractivity contribution is 6.15. The topological polar surface area (TPSA) is 18.5 Å². The Morgan fingerprint density at radius 1 is 0.833 bits per heavy atom. The normalized spacial score (nSPS) is 13.8. The standard InChI is InChI=1S/C14H35N3Si/c1-8-15-14(13(6,7)18,16(9-2)10-3)17(11-4)12-5/h15H,8-12H2,1-7,18H3. The zero-order valence-corrected chi connectivity index (χ0v) is 15.9. The number of hydrogen-bond acceptors (Lipinski definition) is 3. The molecule has 0 aliphatic heterocycles. The molecule has 0 saturated heterocycles. The van der Waals surface area contributed by atoms with Crippen LogP contribution in [-0.2, 0) is 0 Å². The molecule has 0 aromatic heterocycles. The van der Waals surface area contributed by atoms with E-state index in [2.05, 4.69) is 63.6 Å². The molecule has 0 saturated carbocycles. The highest BCUT2D eigenvalue weighted by Gasteiger charge is 2.48. The second kappa shape index (κ2) is 7.63. The van der Waals surface area contributed by atoms with Crippen LogP contribution in [0.15, 0.2) is 0 Å². The van der Waals surface area contributed by atoms with Crippen molar-refractivity contribution in [3.05, 3.63) is 0 Å². The van der Waals surface area contributed by atoms with Gasteiger partial charge in [0.15, 0.2) is 0 Å². The van der Waals surface area contributed by atoms with Crippen LogP contribution in [0.3, 0.4) is 0 Å². The number of nitrogens with one attached hydrogen (secondary N) is 1. The lowest BCUT2D eigenvalue weighted by atomic mass is 9.98. The maximum Gasteiger partial charge on any atom is 0.130 e. The molecule has 0 spiro atoms. The average Bonchev–Trinajstić information content (AvgIpc) is 2.30. The minimum absolute atomic E-state index is 0.000965. The third-order valence-electron chi connectivity index (χ3n) is 3.91. The summed E-state index contributed by atoms with van der Waals surface area (Å²) in [7, 11) is 1.17. The van der Waals surface area contributed by atoms with Crippen molar-refractivity contribution in [1.82, 2.24) is 15.1 Å². The maximum atomic E-state index is 3.83. The van der Waals surface area contributed by atoms with Crippen LogP contribution in [0, 0.1) is 0 Å². The van der Waals surface area contributed by atoms with Gasteiger partial charge in [-0.1, -0.05) is 48.5 Å². The van der Waals surface area contributed by atoms with Crippen LogP contribution in [0.25, 0.3) is 0 Å². The van der Waals surface area contributed by atoms with Gasteiger partial charge in [-0.15, -0.1) is 0 Å². The lowest BCUT2D eigenvalue weighted by Gasteiger charge is -2.58. The summed E-state index contributed by atoms with van der Waals surface area (Å²) >= 11 is 0. The predicted octanol–water partition coefficient (Wildman–Crippen LogP) is 1.50. The van der Waals surface area contributed by atoms with Crippen molar-refractivity contribution in [1.29, 1.82) is 0 Å². The SMILES string of the molecule is CCNC(N(CC)CC)(N(CC)CC)C(C)(C)[SiH3]. The van der Waals surface area contributed by atoms with E-state index < -0.39 is 0 Å². The van der Waals surface area contributed by atoms with Gasteiger partial charge in [0.2, 0.25) is 0 Å². The fourth-order valence-electron chi connectivity index (χ4n) is 3.25. The Morgan fingerprint density at radius 3 is 1.33 bits per heavy atom. The largest absolute Gasteiger partial charge is 0.287 e. The van der Waals surface area contributed by atoms with Gasteiger partial charge in [-0.3, -0.25) is 15.1 Å². The van der Waals surface area contributed by atoms with Gasteiger partial charge >= 0.3 is 0 Å². The Morgan fingerprint density at radius 2 is 1.17 bits per heavy atom. The molecule has 3 nitrogen and oxygen atoms in total. The summed E-state index contributed by atoms with van der Waals surface area (Å²) < 4.78 is 0. The van der Waals surface area contributed by atoms with Crippen molar-refractivity contribution >= 4 is 10.2 Å². The molecule has 0 heterocycles. The zero-order chi connectivity index (χ0) is 14.4. The van der Waals surface area contributed by atoms with Crippen LogP contribution in [0.1, 0.15) is 48.5 Å².